The van der Waals surface area contributed by atoms with Crippen molar-refractivity contribution in [2.24, 2.45) is 5.92 Å². The number of hydrogen-bond donors (Lipinski definition) is 1. The summed E-state index contributed by atoms with van der Waals surface area (Å²) >= 11 is 0. The van der Waals surface area contributed by atoms with Gasteiger partial charge in [0.15, 0.2) is 0 Å². The lowest BCUT2D eigenvalue weighted by Crippen LogP contribution is -2.37. The summed E-state index contributed by atoms with van der Waals surface area (Å²) in [7, 11) is 0. The van der Waals surface area contributed by atoms with Crippen LogP contribution in [0.1, 0.15) is 44.2 Å². The van der Waals surface area contributed by atoms with E-state index in [2.05, 4.69) is 48.7 Å². The van der Waals surface area contributed by atoms with E-state index in [0.29, 0.717) is 18.1 Å². The van der Waals surface area contributed by atoms with Crippen molar-refractivity contribution in [1.82, 2.24) is 5.32 Å². The van der Waals surface area contributed by atoms with Crippen LogP contribution in [0, 0.1) is 5.92 Å². The molecule has 2 heteroatoms. The molecule has 1 heterocycles. The van der Waals surface area contributed by atoms with E-state index >= 15 is 0 Å². The number of allylic oxidation sites excluding steroid dienone is 2. The number of benzene rings is 1. The maximum absolute atomic E-state index is 6.27. The summed E-state index contributed by atoms with van der Waals surface area (Å²) in [6, 6.07) is 8.94. The van der Waals surface area contributed by atoms with Crippen LogP contribution in [0.15, 0.2) is 36.4 Å². The molecule has 0 bridgehead atoms. The van der Waals surface area contributed by atoms with Gasteiger partial charge in [0.05, 0.1) is 0 Å². The van der Waals surface area contributed by atoms with Gasteiger partial charge in [-0.05, 0) is 37.8 Å². The minimum atomic E-state index is 0.365. The molecule has 19 heavy (non-hydrogen) atoms. The van der Waals surface area contributed by atoms with Crippen molar-refractivity contribution in [3.05, 3.63) is 42.0 Å². The van der Waals surface area contributed by atoms with Crippen LogP contribution in [0.3, 0.4) is 0 Å². The van der Waals surface area contributed by atoms with E-state index < -0.39 is 0 Å². The average molecular weight is 257 g/mol. The van der Waals surface area contributed by atoms with Crippen molar-refractivity contribution in [3.8, 4) is 5.75 Å². The van der Waals surface area contributed by atoms with Gasteiger partial charge in [-0.1, -0.05) is 37.3 Å². The van der Waals surface area contributed by atoms with E-state index in [1.165, 1.54) is 24.8 Å². The molecule has 0 fully saturated rings. The second-order valence-corrected chi connectivity index (χ2v) is 5.58. The molecule has 3 atom stereocenters. The van der Waals surface area contributed by atoms with E-state index in [0.717, 1.165) is 18.7 Å². The Morgan fingerprint density at radius 1 is 1.26 bits per heavy atom. The molecular formula is C17H23NO. The maximum Gasteiger partial charge on any atom is 0.124 e. The first-order valence-corrected chi connectivity index (χ1v) is 7.52. The Morgan fingerprint density at radius 3 is 2.95 bits per heavy atom. The Bertz CT molecular complexity index is 454. The number of hydrogen-bond acceptors (Lipinski definition) is 2. The highest BCUT2D eigenvalue weighted by Gasteiger charge is 2.32. The highest BCUT2D eigenvalue weighted by Crippen LogP contribution is 2.39. The number of nitrogens with one attached hydrogen (secondary N) is 1. The standard InChI is InChI=1S/C17H23NO/c1-2-18-15-12-17(13-8-4-3-5-9-13)19-16-11-7-6-10-14(15)16/h3-4,6-7,10-11,13,15,17-18H,2,5,8-9,12H2,1H3. The Labute approximate surface area is 115 Å². The fraction of sp³-hybridized carbons (Fsp3) is 0.529. The van der Waals surface area contributed by atoms with Gasteiger partial charge < -0.3 is 10.1 Å². The molecule has 1 aliphatic heterocycles. The zero-order valence-corrected chi connectivity index (χ0v) is 11.6. The third kappa shape index (κ3) is 2.69. The first kappa shape index (κ1) is 12.7. The number of ether oxygens (including phenoxy) is 1. The highest BCUT2D eigenvalue weighted by molar-refractivity contribution is 5.38. The molecule has 0 radical (unpaired) electrons. The molecule has 0 amide bonds. The monoisotopic (exact) mass is 257 g/mol. The van der Waals surface area contributed by atoms with Crippen LogP contribution in [0.5, 0.6) is 5.75 Å². The van der Waals surface area contributed by atoms with E-state index in [1.807, 2.05) is 0 Å². The SMILES string of the molecule is CCNC1CC(C2CC=CCC2)Oc2ccccc21. The van der Waals surface area contributed by atoms with Crippen molar-refractivity contribution < 1.29 is 4.74 Å². The van der Waals surface area contributed by atoms with Crippen molar-refractivity contribution >= 4 is 0 Å². The second-order valence-electron chi connectivity index (χ2n) is 5.58. The van der Waals surface area contributed by atoms with Gasteiger partial charge in [-0.15, -0.1) is 0 Å². The summed E-state index contributed by atoms with van der Waals surface area (Å²) in [6.45, 7) is 3.19. The summed E-state index contributed by atoms with van der Waals surface area (Å²) in [5.74, 6) is 1.76. The predicted octanol–water partition coefficient (Wildman–Crippen LogP) is 3.84. The molecule has 2 aliphatic rings. The largest absolute Gasteiger partial charge is 0.490 e. The average Bonchev–Trinajstić information content (AvgIpc) is 2.48. The molecule has 0 saturated heterocycles. The van der Waals surface area contributed by atoms with Gasteiger partial charge in [0.2, 0.25) is 0 Å². The fourth-order valence-corrected chi connectivity index (χ4v) is 3.33. The Morgan fingerprint density at radius 2 is 2.16 bits per heavy atom. The molecule has 2 nitrogen and oxygen atoms in total. The zero-order chi connectivity index (χ0) is 13.1. The molecule has 1 aliphatic carbocycles. The summed E-state index contributed by atoms with van der Waals surface area (Å²) in [5, 5.41) is 3.61. The minimum absolute atomic E-state index is 0.365. The van der Waals surface area contributed by atoms with Crippen molar-refractivity contribution in [3.63, 3.8) is 0 Å². The molecule has 1 aromatic rings. The van der Waals surface area contributed by atoms with Gasteiger partial charge in [0.1, 0.15) is 11.9 Å². The zero-order valence-electron chi connectivity index (χ0n) is 11.6. The second kappa shape index (κ2) is 5.79. The molecule has 1 aromatic carbocycles. The molecule has 3 rings (SSSR count). The lowest BCUT2D eigenvalue weighted by atomic mass is 9.83. The van der Waals surface area contributed by atoms with Crippen LogP contribution in [0.2, 0.25) is 0 Å². The lowest BCUT2D eigenvalue weighted by Gasteiger charge is -2.37. The lowest BCUT2D eigenvalue weighted by molar-refractivity contribution is 0.0877. The molecule has 0 saturated carbocycles. The summed E-state index contributed by atoms with van der Waals surface area (Å²) < 4.78 is 6.27. The molecule has 3 unspecified atom stereocenters. The molecule has 0 aromatic heterocycles. The first-order valence-electron chi connectivity index (χ1n) is 7.52. The summed E-state index contributed by atoms with van der Waals surface area (Å²) in [5.41, 5.74) is 1.33. The van der Waals surface area contributed by atoms with E-state index in [-0.39, 0.29) is 0 Å². The van der Waals surface area contributed by atoms with Crippen LogP contribution < -0.4 is 10.1 Å². The molecule has 0 spiro atoms. The Hall–Kier alpha value is -1.28. The molecular weight excluding hydrogens is 234 g/mol. The number of para-hydroxylation sites is 1. The van der Waals surface area contributed by atoms with Gasteiger partial charge >= 0.3 is 0 Å². The Kier molecular flexibility index (Phi) is 3.88. The Balaban J connectivity index is 1.81. The fourth-order valence-electron chi connectivity index (χ4n) is 3.33. The highest BCUT2D eigenvalue weighted by atomic mass is 16.5. The van der Waals surface area contributed by atoms with Crippen LogP contribution >= 0.6 is 0 Å². The minimum Gasteiger partial charge on any atom is -0.490 e. The van der Waals surface area contributed by atoms with Gasteiger partial charge in [-0.2, -0.15) is 0 Å². The van der Waals surface area contributed by atoms with Gasteiger partial charge in [0, 0.05) is 18.0 Å². The van der Waals surface area contributed by atoms with Crippen molar-refractivity contribution in [2.75, 3.05) is 6.54 Å². The summed E-state index contributed by atoms with van der Waals surface area (Å²) in [6.07, 6.45) is 9.73. The van der Waals surface area contributed by atoms with Crippen molar-refractivity contribution in [2.45, 2.75) is 44.8 Å². The van der Waals surface area contributed by atoms with E-state index in [9.17, 15) is 0 Å². The van der Waals surface area contributed by atoms with Crippen molar-refractivity contribution in [1.29, 1.82) is 0 Å². The number of fused-ring (bicyclic) bond motifs is 1. The van der Waals surface area contributed by atoms with E-state index in [1.54, 1.807) is 0 Å². The van der Waals surface area contributed by atoms with Crippen LogP contribution in [0.4, 0.5) is 0 Å². The predicted molar refractivity (Wildman–Crippen MR) is 78.4 cm³/mol. The maximum atomic E-state index is 6.27. The van der Waals surface area contributed by atoms with Gasteiger partial charge in [0.25, 0.3) is 0 Å². The quantitative estimate of drug-likeness (QED) is 0.831. The van der Waals surface area contributed by atoms with Crippen LogP contribution in [-0.4, -0.2) is 12.6 Å². The van der Waals surface area contributed by atoms with E-state index in [4.69, 9.17) is 4.74 Å². The first-order chi connectivity index (χ1) is 9.38. The molecule has 102 valence electrons. The third-order valence-corrected chi connectivity index (χ3v) is 4.33. The number of rotatable bonds is 3. The van der Waals surface area contributed by atoms with Crippen LogP contribution in [0.25, 0.3) is 0 Å². The normalized spacial score (nSPS) is 29.6. The smallest absolute Gasteiger partial charge is 0.124 e. The van der Waals surface area contributed by atoms with Crippen LogP contribution in [-0.2, 0) is 0 Å². The topological polar surface area (TPSA) is 21.3 Å². The molecule has 1 N–H and O–H groups in total. The third-order valence-electron chi connectivity index (χ3n) is 4.33. The van der Waals surface area contributed by atoms with Gasteiger partial charge in [-0.3, -0.25) is 0 Å². The van der Waals surface area contributed by atoms with Gasteiger partial charge in [-0.25, -0.2) is 0 Å². The summed E-state index contributed by atoms with van der Waals surface area (Å²) in [4.78, 5) is 0.